The zero-order valence-electron chi connectivity index (χ0n) is 17.7. The van der Waals surface area contributed by atoms with Crippen molar-refractivity contribution in [2.24, 2.45) is 0 Å². The van der Waals surface area contributed by atoms with E-state index in [-0.39, 0.29) is 11.9 Å². The Kier molecular flexibility index (Phi) is 5.37. The van der Waals surface area contributed by atoms with Gasteiger partial charge in [0.25, 0.3) is 0 Å². The maximum atomic E-state index is 12.8. The summed E-state index contributed by atoms with van der Waals surface area (Å²) in [7, 11) is 0. The second kappa shape index (κ2) is 8.62. The molecule has 9 heteroatoms. The number of urea groups is 1. The highest BCUT2D eigenvalue weighted by Gasteiger charge is 2.28. The smallest absolute Gasteiger partial charge is 0.321 e. The first kappa shape index (κ1) is 19.9. The van der Waals surface area contributed by atoms with Crippen LogP contribution in [0.25, 0.3) is 17.2 Å². The van der Waals surface area contributed by atoms with E-state index >= 15 is 0 Å². The van der Waals surface area contributed by atoms with E-state index in [1.807, 2.05) is 65.0 Å². The van der Waals surface area contributed by atoms with Gasteiger partial charge >= 0.3 is 6.03 Å². The van der Waals surface area contributed by atoms with E-state index in [2.05, 4.69) is 25.5 Å². The molecule has 1 fully saturated rings. The average molecular weight is 429 g/mol. The van der Waals surface area contributed by atoms with Crippen LogP contribution in [-0.2, 0) is 0 Å². The van der Waals surface area contributed by atoms with Crippen LogP contribution in [0.1, 0.15) is 30.3 Å². The molecule has 32 heavy (non-hydrogen) atoms. The average Bonchev–Trinajstić information content (AvgIpc) is 3.49. The molecule has 0 atom stereocenters. The fourth-order valence-corrected chi connectivity index (χ4v) is 3.89. The monoisotopic (exact) mass is 429 g/mol. The highest BCUT2D eigenvalue weighted by Crippen LogP contribution is 2.28. The molecule has 1 aliphatic heterocycles. The summed E-state index contributed by atoms with van der Waals surface area (Å²) in [5, 5.41) is 11.4. The van der Waals surface area contributed by atoms with Crippen LogP contribution < -0.4 is 5.32 Å². The Morgan fingerprint density at radius 2 is 1.97 bits per heavy atom. The van der Waals surface area contributed by atoms with Gasteiger partial charge in [0, 0.05) is 42.8 Å². The van der Waals surface area contributed by atoms with E-state index in [0.29, 0.717) is 30.5 Å². The zero-order chi connectivity index (χ0) is 21.9. The second-order valence-corrected chi connectivity index (χ2v) is 7.80. The summed E-state index contributed by atoms with van der Waals surface area (Å²) in [6, 6.07) is 15.1. The topological polar surface area (TPSA) is 102 Å². The molecular weight excluding hydrogens is 406 g/mol. The van der Waals surface area contributed by atoms with Crippen molar-refractivity contribution < 1.29 is 9.32 Å². The normalized spacial score (nSPS) is 14.5. The molecule has 1 N–H and O–H groups in total. The zero-order valence-corrected chi connectivity index (χ0v) is 17.7. The fourth-order valence-electron chi connectivity index (χ4n) is 3.89. The first-order valence-electron chi connectivity index (χ1n) is 10.6. The number of aryl methyl sites for hydroxylation is 1. The van der Waals surface area contributed by atoms with Gasteiger partial charge < -0.3 is 14.7 Å². The Morgan fingerprint density at radius 1 is 1.09 bits per heavy atom. The number of nitrogens with one attached hydrogen (secondary N) is 1. The SMILES string of the molecule is Cc1ccnn1-c1cccc(NC(=O)N2CCC(c3nc(-c4ccccn4)no3)CC2)c1. The van der Waals surface area contributed by atoms with Crippen molar-refractivity contribution in [3.05, 3.63) is 72.5 Å². The number of hydrogen-bond donors (Lipinski definition) is 1. The Bertz CT molecular complexity index is 1210. The number of carbonyl (C=O) groups is 1. The molecule has 0 saturated carbocycles. The van der Waals surface area contributed by atoms with Crippen molar-refractivity contribution in [3.63, 3.8) is 0 Å². The number of hydrogen-bond acceptors (Lipinski definition) is 6. The number of benzene rings is 1. The standard InChI is InChI=1S/C23H23N7O2/c1-16-8-12-25-30(16)19-6-4-5-18(15-19)26-23(31)29-13-9-17(10-14-29)22-27-21(28-32-22)20-7-2-3-11-24-20/h2-8,11-12,15,17H,9-10,13-14H2,1H3,(H,26,31). The minimum Gasteiger partial charge on any atom is -0.339 e. The first-order chi connectivity index (χ1) is 15.7. The molecular formula is C23H23N7O2. The summed E-state index contributed by atoms with van der Waals surface area (Å²) >= 11 is 0. The van der Waals surface area contributed by atoms with Crippen molar-refractivity contribution in [1.82, 2.24) is 29.8 Å². The van der Waals surface area contributed by atoms with E-state index in [4.69, 9.17) is 4.52 Å². The Labute approximate surface area is 185 Å². The van der Waals surface area contributed by atoms with Crippen molar-refractivity contribution in [2.75, 3.05) is 18.4 Å². The lowest BCUT2D eigenvalue weighted by Gasteiger charge is -2.30. The largest absolute Gasteiger partial charge is 0.339 e. The van der Waals surface area contributed by atoms with Crippen LogP contribution in [0.5, 0.6) is 0 Å². The Morgan fingerprint density at radius 3 is 2.72 bits per heavy atom. The molecule has 162 valence electrons. The van der Waals surface area contributed by atoms with E-state index < -0.39 is 0 Å². The summed E-state index contributed by atoms with van der Waals surface area (Å²) in [4.78, 5) is 23.4. The summed E-state index contributed by atoms with van der Waals surface area (Å²) in [6.45, 7) is 3.23. The van der Waals surface area contributed by atoms with Crippen molar-refractivity contribution >= 4 is 11.7 Å². The number of nitrogens with zero attached hydrogens (tertiary/aromatic N) is 6. The van der Waals surface area contributed by atoms with Gasteiger partial charge in [-0.1, -0.05) is 17.3 Å². The van der Waals surface area contributed by atoms with E-state index in [1.54, 1.807) is 12.4 Å². The molecule has 0 radical (unpaired) electrons. The highest BCUT2D eigenvalue weighted by atomic mass is 16.5. The minimum atomic E-state index is -0.113. The van der Waals surface area contributed by atoms with Gasteiger partial charge in [-0.2, -0.15) is 10.1 Å². The van der Waals surface area contributed by atoms with Gasteiger partial charge in [-0.05, 0) is 56.2 Å². The molecule has 0 aliphatic carbocycles. The van der Waals surface area contributed by atoms with Crippen molar-refractivity contribution in [1.29, 1.82) is 0 Å². The molecule has 0 spiro atoms. The van der Waals surface area contributed by atoms with Crippen LogP contribution in [0.2, 0.25) is 0 Å². The second-order valence-electron chi connectivity index (χ2n) is 7.80. The van der Waals surface area contributed by atoms with Gasteiger partial charge in [0.1, 0.15) is 5.69 Å². The van der Waals surface area contributed by atoms with Crippen LogP contribution in [0.4, 0.5) is 10.5 Å². The van der Waals surface area contributed by atoms with Crippen molar-refractivity contribution in [3.8, 4) is 17.2 Å². The molecule has 4 aromatic rings. The summed E-state index contributed by atoms with van der Waals surface area (Å²) in [5.41, 5.74) is 3.36. The van der Waals surface area contributed by atoms with Crippen LogP contribution >= 0.6 is 0 Å². The lowest BCUT2D eigenvalue weighted by atomic mass is 9.97. The molecule has 3 aromatic heterocycles. The van der Waals surface area contributed by atoms with Gasteiger partial charge in [0.2, 0.25) is 11.7 Å². The van der Waals surface area contributed by atoms with E-state index in [0.717, 1.165) is 29.9 Å². The van der Waals surface area contributed by atoms with Crippen LogP contribution in [-0.4, -0.2) is 48.9 Å². The number of pyridine rings is 1. The summed E-state index contributed by atoms with van der Waals surface area (Å²) < 4.78 is 7.32. The minimum absolute atomic E-state index is 0.113. The number of amides is 2. The maximum Gasteiger partial charge on any atom is 0.321 e. The third kappa shape index (κ3) is 4.09. The molecule has 5 rings (SSSR count). The molecule has 1 aromatic carbocycles. The van der Waals surface area contributed by atoms with Crippen LogP contribution in [0.15, 0.2) is 65.4 Å². The van der Waals surface area contributed by atoms with E-state index in [1.165, 1.54) is 0 Å². The predicted octanol–water partition coefficient (Wildman–Crippen LogP) is 4.04. The van der Waals surface area contributed by atoms with Crippen molar-refractivity contribution in [2.45, 2.75) is 25.7 Å². The lowest BCUT2D eigenvalue weighted by molar-refractivity contribution is 0.187. The molecule has 0 bridgehead atoms. The van der Waals surface area contributed by atoms with Gasteiger partial charge in [0.05, 0.1) is 5.69 Å². The molecule has 0 unspecified atom stereocenters. The first-order valence-corrected chi connectivity index (χ1v) is 10.6. The lowest BCUT2D eigenvalue weighted by Crippen LogP contribution is -2.40. The quantitative estimate of drug-likeness (QED) is 0.525. The molecule has 4 heterocycles. The number of piperidine rings is 1. The Hall–Kier alpha value is -4.01. The number of likely N-dealkylation sites (tertiary alicyclic amines) is 1. The molecule has 1 saturated heterocycles. The molecule has 1 aliphatic rings. The number of rotatable bonds is 4. The third-order valence-corrected chi connectivity index (χ3v) is 5.64. The van der Waals surface area contributed by atoms with Gasteiger partial charge in [-0.15, -0.1) is 0 Å². The summed E-state index contributed by atoms with van der Waals surface area (Å²) in [5.74, 6) is 1.23. The van der Waals surface area contributed by atoms with Gasteiger partial charge in [0.15, 0.2) is 0 Å². The third-order valence-electron chi connectivity index (χ3n) is 5.64. The fraction of sp³-hybridized carbons (Fsp3) is 0.261. The number of aromatic nitrogens is 5. The van der Waals surface area contributed by atoms with Gasteiger partial charge in [-0.25, -0.2) is 9.48 Å². The van der Waals surface area contributed by atoms with Gasteiger partial charge in [-0.3, -0.25) is 4.98 Å². The van der Waals surface area contributed by atoms with Crippen LogP contribution in [0, 0.1) is 6.92 Å². The molecule has 2 amide bonds. The Balaban J connectivity index is 1.19. The van der Waals surface area contributed by atoms with E-state index in [9.17, 15) is 4.79 Å². The molecule has 9 nitrogen and oxygen atoms in total. The number of carbonyl (C=O) groups excluding carboxylic acids is 1. The highest BCUT2D eigenvalue weighted by molar-refractivity contribution is 5.89. The summed E-state index contributed by atoms with van der Waals surface area (Å²) in [6.07, 6.45) is 5.00. The predicted molar refractivity (Wildman–Crippen MR) is 118 cm³/mol. The number of anilines is 1. The van der Waals surface area contributed by atoms with Crippen LogP contribution in [0.3, 0.4) is 0 Å². The maximum absolute atomic E-state index is 12.8.